The molecule has 1 aliphatic rings. The Morgan fingerprint density at radius 1 is 1.09 bits per heavy atom. The Hall–Kier alpha value is -3.27. The predicted molar refractivity (Wildman–Crippen MR) is 132 cm³/mol. The molecule has 4 aromatic rings. The molecule has 0 atom stereocenters. The molecule has 0 spiro atoms. The number of benzene rings is 2. The van der Waals surface area contributed by atoms with Crippen LogP contribution in [0.5, 0.6) is 0 Å². The third kappa shape index (κ3) is 4.29. The molecule has 0 amide bonds. The number of aliphatic hydroxyl groups excluding tert-OH is 1. The molecule has 176 valence electrons. The molecule has 2 aromatic carbocycles. The molecule has 5 rings (SSSR count). The van der Waals surface area contributed by atoms with Gasteiger partial charge in [-0.1, -0.05) is 36.4 Å². The number of aliphatic hydroxyl groups is 1. The monoisotopic (exact) mass is 477 g/mol. The third-order valence-electron chi connectivity index (χ3n) is 6.40. The maximum absolute atomic E-state index is 13.1. The summed E-state index contributed by atoms with van der Waals surface area (Å²) in [6.07, 6.45) is 5.68. The van der Waals surface area contributed by atoms with Gasteiger partial charge < -0.3 is 10.8 Å². The van der Waals surface area contributed by atoms with Crippen molar-refractivity contribution in [1.29, 1.82) is 0 Å². The van der Waals surface area contributed by atoms with Gasteiger partial charge in [0.1, 0.15) is 0 Å². The largest absolute Gasteiger partial charge is 0.393 e. The lowest BCUT2D eigenvalue weighted by Crippen LogP contribution is -2.38. The van der Waals surface area contributed by atoms with Gasteiger partial charge in [0, 0.05) is 23.4 Å². The van der Waals surface area contributed by atoms with Gasteiger partial charge in [-0.2, -0.15) is 0 Å². The van der Waals surface area contributed by atoms with Crippen molar-refractivity contribution in [3.05, 3.63) is 66.5 Å². The summed E-state index contributed by atoms with van der Waals surface area (Å²) in [6, 6.07) is 14.6. The summed E-state index contributed by atoms with van der Waals surface area (Å²) in [5.74, 6) is 0.301. The Kier molecular flexibility index (Phi) is 5.85. The lowest BCUT2D eigenvalue weighted by atomic mass is 9.94. The Morgan fingerprint density at radius 2 is 1.82 bits per heavy atom. The van der Waals surface area contributed by atoms with Crippen molar-refractivity contribution in [2.24, 2.45) is 0 Å². The molecule has 0 radical (unpaired) electrons. The first-order chi connectivity index (χ1) is 16.3. The van der Waals surface area contributed by atoms with Gasteiger partial charge in [-0.3, -0.25) is 4.40 Å². The van der Waals surface area contributed by atoms with Gasteiger partial charge in [0.2, 0.25) is 10.0 Å². The summed E-state index contributed by atoms with van der Waals surface area (Å²) in [6.45, 7) is 1.93. The summed E-state index contributed by atoms with van der Waals surface area (Å²) in [5, 5.41) is 9.71. The first-order valence-corrected chi connectivity index (χ1v) is 12.8. The second-order valence-corrected chi connectivity index (χ2v) is 10.5. The van der Waals surface area contributed by atoms with Gasteiger partial charge in [-0.25, -0.2) is 23.1 Å². The molecule has 0 bridgehead atoms. The van der Waals surface area contributed by atoms with E-state index >= 15 is 0 Å². The molecule has 2 heterocycles. The van der Waals surface area contributed by atoms with Crippen LogP contribution in [-0.2, 0) is 10.0 Å². The van der Waals surface area contributed by atoms with Crippen LogP contribution in [0.15, 0.2) is 65.8 Å². The summed E-state index contributed by atoms with van der Waals surface area (Å²) < 4.78 is 31.0. The number of nitrogens with one attached hydrogen (secondary N) is 1. The predicted octanol–water partition coefficient (Wildman–Crippen LogP) is 3.54. The molecule has 0 aliphatic heterocycles. The topological polar surface area (TPSA) is 123 Å². The van der Waals surface area contributed by atoms with Gasteiger partial charge in [0.05, 0.1) is 28.6 Å². The van der Waals surface area contributed by atoms with E-state index in [0.717, 1.165) is 22.4 Å². The first-order valence-electron chi connectivity index (χ1n) is 11.3. The molecule has 9 heteroatoms. The van der Waals surface area contributed by atoms with E-state index in [2.05, 4.69) is 14.7 Å². The summed E-state index contributed by atoms with van der Waals surface area (Å²) >= 11 is 0. The van der Waals surface area contributed by atoms with E-state index in [0.29, 0.717) is 42.8 Å². The number of imidazole rings is 1. The van der Waals surface area contributed by atoms with Crippen molar-refractivity contribution in [1.82, 2.24) is 19.1 Å². The Balaban J connectivity index is 1.55. The van der Waals surface area contributed by atoms with Gasteiger partial charge in [-0.05, 0) is 50.3 Å². The minimum atomic E-state index is -3.72. The number of rotatable bonds is 5. The fourth-order valence-electron chi connectivity index (χ4n) is 4.48. The van der Waals surface area contributed by atoms with Crippen molar-refractivity contribution < 1.29 is 13.5 Å². The van der Waals surface area contributed by atoms with E-state index in [-0.39, 0.29) is 17.0 Å². The lowest BCUT2D eigenvalue weighted by Gasteiger charge is -2.26. The van der Waals surface area contributed by atoms with Gasteiger partial charge in [-0.15, -0.1) is 0 Å². The van der Waals surface area contributed by atoms with Gasteiger partial charge >= 0.3 is 0 Å². The second kappa shape index (κ2) is 8.83. The van der Waals surface area contributed by atoms with Crippen LogP contribution in [0.2, 0.25) is 0 Å². The summed E-state index contributed by atoms with van der Waals surface area (Å²) in [7, 11) is -3.72. The van der Waals surface area contributed by atoms with Crippen LogP contribution in [0.3, 0.4) is 0 Å². The maximum Gasteiger partial charge on any atom is 0.240 e. The van der Waals surface area contributed by atoms with E-state index in [4.69, 9.17) is 5.73 Å². The molecule has 1 aliphatic carbocycles. The Labute approximate surface area is 198 Å². The zero-order valence-corrected chi connectivity index (χ0v) is 19.7. The van der Waals surface area contributed by atoms with E-state index in [1.165, 1.54) is 0 Å². The Morgan fingerprint density at radius 3 is 2.56 bits per heavy atom. The van der Waals surface area contributed by atoms with Crippen LogP contribution in [0.25, 0.3) is 28.2 Å². The number of nitrogen functional groups attached to an aromatic ring is 1. The van der Waals surface area contributed by atoms with Crippen molar-refractivity contribution in [2.75, 3.05) is 5.73 Å². The van der Waals surface area contributed by atoms with E-state index in [1.54, 1.807) is 24.4 Å². The molecule has 8 nitrogen and oxygen atoms in total. The zero-order valence-electron chi connectivity index (χ0n) is 18.8. The number of nitrogens with zero attached hydrogens (tertiary/aromatic N) is 3. The van der Waals surface area contributed by atoms with Crippen LogP contribution in [-0.4, -0.2) is 40.0 Å². The minimum absolute atomic E-state index is 0.173. The number of nitrogens with two attached hydrogens (primary N) is 1. The van der Waals surface area contributed by atoms with E-state index < -0.39 is 10.0 Å². The highest BCUT2D eigenvalue weighted by Crippen LogP contribution is 2.30. The number of aryl methyl sites for hydroxylation is 1. The summed E-state index contributed by atoms with van der Waals surface area (Å²) in [4.78, 5) is 9.14. The smallest absolute Gasteiger partial charge is 0.240 e. The number of fused-ring (bicyclic) bond motifs is 1. The SMILES string of the molecule is Cc1ccc(S(=O)(=O)NC2CCC(O)CC2)cc1-c1cnc2c(N)nc(-c3ccccc3)cn12. The van der Waals surface area contributed by atoms with Crippen LogP contribution in [0.4, 0.5) is 5.82 Å². The fraction of sp³-hybridized carbons (Fsp3) is 0.280. The number of hydrogen-bond donors (Lipinski definition) is 3. The number of anilines is 1. The highest BCUT2D eigenvalue weighted by atomic mass is 32.2. The highest BCUT2D eigenvalue weighted by Gasteiger charge is 2.25. The average Bonchev–Trinajstić information content (AvgIpc) is 3.25. The van der Waals surface area contributed by atoms with Gasteiger partial charge in [0.25, 0.3) is 0 Å². The van der Waals surface area contributed by atoms with Crippen LogP contribution >= 0.6 is 0 Å². The molecule has 4 N–H and O–H groups in total. The van der Waals surface area contributed by atoms with Crippen LogP contribution < -0.4 is 10.5 Å². The number of hydrogen-bond acceptors (Lipinski definition) is 6. The highest BCUT2D eigenvalue weighted by molar-refractivity contribution is 7.89. The average molecular weight is 478 g/mol. The second-order valence-electron chi connectivity index (χ2n) is 8.82. The van der Waals surface area contributed by atoms with Crippen molar-refractivity contribution in [2.45, 2.75) is 49.6 Å². The quantitative estimate of drug-likeness (QED) is 0.404. The van der Waals surface area contributed by atoms with Gasteiger partial charge in [0.15, 0.2) is 11.5 Å². The maximum atomic E-state index is 13.1. The third-order valence-corrected chi connectivity index (χ3v) is 7.92. The molecular weight excluding hydrogens is 450 g/mol. The van der Waals surface area contributed by atoms with Crippen LogP contribution in [0.1, 0.15) is 31.2 Å². The summed E-state index contributed by atoms with van der Waals surface area (Å²) in [5.41, 5.74) is 10.8. The molecular formula is C25H27N5O3S. The lowest BCUT2D eigenvalue weighted by molar-refractivity contribution is 0.120. The van der Waals surface area contributed by atoms with Crippen molar-refractivity contribution in [3.63, 3.8) is 0 Å². The molecule has 1 fully saturated rings. The number of sulfonamides is 1. The number of aromatic nitrogens is 3. The normalized spacial score (nSPS) is 18.9. The standard InChI is InChI=1S/C25H27N5O3S/c1-16-7-12-20(34(32,33)29-18-8-10-19(31)11-9-18)13-21(16)23-14-27-25-24(26)28-22(15-30(23)25)17-5-3-2-4-6-17/h2-7,12-15,18-19,29,31H,8-11H2,1H3,(H2,26,28). The van der Waals surface area contributed by atoms with E-state index in [9.17, 15) is 13.5 Å². The minimum Gasteiger partial charge on any atom is -0.393 e. The van der Waals surface area contributed by atoms with Crippen LogP contribution in [0, 0.1) is 6.92 Å². The molecule has 2 aromatic heterocycles. The zero-order chi connectivity index (χ0) is 23.9. The molecule has 0 saturated heterocycles. The molecule has 1 saturated carbocycles. The molecule has 34 heavy (non-hydrogen) atoms. The molecule has 0 unspecified atom stereocenters. The van der Waals surface area contributed by atoms with Crippen molar-refractivity contribution >= 4 is 21.5 Å². The van der Waals surface area contributed by atoms with E-state index in [1.807, 2.05) is 47.9 Å². The Bertz CT molecular complexity index is 1440. The van der Waals surface area contributed by atoms with Crippen molar-refractivity contribution in [3.8, 4) is 22.5 Å². The first kappa shape index (κ1) is 22.5. The fourth-order valence-corrected chi connectivity index (χ4v) is 5.82.